The number of hydroxylamine groups is 1. The summed E-state index contributed by atoms with van der Waals surface area (Å²) in [7, 11) is 0. The molecule has 0 saturated carbocycles. The lowest BCUT2D eigenvalue weighted by Crippen LogP contribution is -2.44. The molecule has 7 heteroatoms. The van der Waals surface area contributed by atoms with Gasteiger partial charge in [0.1, 0.15) is 0 Å². The summed E-state index contributed by atoms with van der Waals surface area (Å²) in [5, 5.41) is 11.6. The van der Waals surface area contributed by atoms with Crippen LogP contribution in [0.4, 0.5) is 4.79 Å². The molecule has 3 N–H and O–H groups in total. The van der Waals surface area contributed by atoms with E-state index in [4.69, 9.17) is 5.21 Å². The van der Waals surface area contributed by atoms with Crippen LogP contribution in [0.3, 0.4) is 0 Å². The SMILES string of the molecule is CCCCNC(=O)N(CCC)C(=O)CCCCCCCCCC(C)(C)C(=O)NO. The van der Waals surface area contributed by atoms with Crippen molar-refractivity contribution >= 4 is 17.8 Å². The smallest absolute Gasteiger partial charge is 0.324 e. The molecule has 0 heterocycles. The molecule has 0 bridgehead atoms. The average Bonchev–Trinajstić information content (AvgIpc) is 2.69. The van der Waals surface area contributed by atoms with Crippen molar-refractivity contribution in [3.05, 3.63) is 0 Å². The van der Waals surface area contributed by atoms with E-state index in [0.717, 1.165) is 70.6 Å². The van der Waals surface area contributed by atoms with Crippen molar-refractivity contribution in [1.29, 1.82) is 0 Å². The zero-order chi connectivity index (χ0) is 22.1. The first-order valence-corrected chi connectivity index (χ1v) is 11.3. The first-order chi connectivity index (χ1) is 13.8. The fourth-order valence-electron chi connectivity index (χ4n) is 3.16. The van der Waals surface area contributed by atoms with Crippen molar-refractivity contribution in [3.8, 4) is 0 Å². The summed E-state index contributed by atoms with van der Waals surface area (Å²) >= 11 is 0. The van der Waals surface area contributed by atoms with Crippen LogP contribution in [0.1, 0.15) is 105 Å². The number of carbonyl (C=O) groups is 3. The van der Waals surface area contributed by atoms with Gasteiger partial charge in [-0.1, -0.05) is 72.6 Å². The standard InChI is InChI=1S/C22H43N3O4/c1-5-7-17-23-21(28)25(18-6-2)19(26)15-13-11-9-8-10-12-14-16-22(3,4)20(27)24-29/h29H,5-18H2,1-4H3,(H,23,28)(H,24,27). The molecule has 4 amide bonds. The summed E-state index contributed by atoms with van der Waals surface area (Å²) in [6, 6.07) is -0.261. The Morgan fingerprint density at radius 2 is 1.45 bits per heavy atom. The summed E-state index contributed by atoms with van der Waals surface area (Å²) in [4.78, 5) is 37.4. The number of imide groups is 1. The number of urea groups is 1. The van der Waals surface area contributed by atoms with E-state index >= 15 is 0 Å². The fourth-order valence-corrected chi connectivity index (χ4v) is 3.16. The normalized spacial score (nSPS) is 11.2. The quantitative estimate of drug-likeness (QED) is 0.193. The van der Waals surface area contributed by atoms with Crippen LogP contribution in [0.25, 0.3) is 0 Å². The second kappa shape index (κ2) is 16.2. The minimum Gasteiger partial charge on any atom is -0.338 e. The molecule has 0 fully saturated rings. The van der Waals surface area contributed by atoms with Gasteiger partial charge in [0, 0.05) is 24.9 Å². The third kappa shape index (κ3) is 12.5. The van der Waals surface area contributed by atoms with Gasteiger partial charge in [-0.25, -0.2) is 10.3 Å². The van der Waals surface area contributed by atoms with Crippen molar-refractivity contribution in [1.82, 2.24) is 15.7 Å². The molecule has 0 aliphatic rings. The monoisotopic (exact) mass is 413 g/mol. The molecule has 29 heavy (non-hydrogen) atoms. The third-order valence-corrected chi connectivity index (χ3v) is 5.21. The van der Waals surface area contributed by atoms with Gasteiger partial charge in [-0.15, -0.1) is 0 Å². The van der Waals surface area contributed by atoms with E-state index in [0.29, 0.717) is 19.5 Å². The van der Waals surface area contributed by atoms with Gasteiger partial charge in [-0.3, -0.25) is 19.7 Å². The predicted octanol–water partition coefficient (Wildman–Crippen LogP) is 4.78. The van der Waals surface area contributed by atoms with Crippen molar-refractivity contribution in [2.45, 2.75) is 105 Å². The summed E-state index contributed by atoms with van der Waals surface area (Å²) < 4.78 is 0. The summed E-state index contributed by atoms with van der Waals surface area (Å²) in [5.74, 6) is -0.413. The molecule has 0 rings (SSSR count). The van der Waals surface area contributed by atoms with Gasteiger partial charge in [0.2, 0.25) is 11.8 Å². The Bertz CT molecular complexity index is 481. The molecule has 0 aliphatic carbocycles. The lowest BCUT2D eigenvalue weighted by molar-refractivity contribution is -0.138. The van der Waals surface area contributed by atoms with Crippen LogP contribution in [0.2, 0.25) is 0 Å². The van der Waals surface area contributed by atoms with Gasteiger partial charge in [0.15, 0.2) is 0 Å². The zero-order valence-corrected chi connectivity index (χ0v) is 19.0. The highest BCUT2D eigenvalue weighted by molar-refractivity contribution is 5.94. The second-order valence-electron chi connectivity index (χ2n) is 8.43. The molecule has 0 aromatic carbocycles. The Hall–Kier alpha value is -1.63. The fraction of sp³-hybridized carbons (Fsp3) is 0.864. The first-order valence-electron chi connectivity index (χ1n) is 11.3. The maximum Gasteiger partial charge on any atom is 0.324 e. The Balaban J connectivity index is 3.90. The summed E-state index contributed by atoms with van der Waals surface area (Å²) in [6.07, 6.45) is 11.0. The minimum absolute atomic E-state index is 0.0785. The zero-order valence-electron chi connectivity index (χ0n) is 19.0. The maximum absolute atomic E-state index is 12.4. The molecule has 0 atom stereocenters. The lowest BCUT2D eigenvalue weighted by atomic mass is 9.86. The van der Waals surface area contributed by atoms with E-state index in [-0.39, 0.29) is 17.8 Å². The highest BCUT2D eigenvalue weighted by Gasteiger charge is 2.26. The Morgan fingerprint density at radius 1 is 0.862 bits per heavy atom. The van der Waals surface area contributed by atoms with Gasteiger partial charge < -0.3 is 5.32 Å². The number of carbonyl (C=O) groups excluding carboxylic acids is 3. The van der Waals surface area contributed by atoms with Crippen molar-refractivity contribution in [2.75, 3.05) is 13.1 Å². The van der Waals surface area contributed by atoms with E-state index in [1.807, 2.05) is 20.8 Å². The van der Waals surface area contributed by atoms with Crippen LogP contribution in [0.15, 0.2) is 0 Å². The lowest BCUT2D eigenvalue weighted by Gasteiger charge is -2.21. The highest BCUT2D eigenvalue weighted by Crippen LogP contribution is 2.24. The predicted molar refractivity (Wildman–Crippen MR) is 116 cm³/mol. The molecular formula is C22H43N3O4. The molecule has 0 aromatic rings. The Labute approximate surface area is 176 Å². The van der Waals surface area contributed by atoms with Crippen LogP contribution >= 0.6 is 0 Å². The number of amides is 4. The molecule has 0 saturated heterocycles. The Morgan fingerprint density at radius 3 is 2.00 bits per heavy atom. The molecular weight excluding hydrogens is 370 g/mol. The van der Waals surface area contributed by atoms with Gasteiger partial charge in [-0.05, 0) is 25.7 Å². The average molecular weight is 414 g/mol. The molecule has 0 aromatic heterocycles. The Kier molecular flexibility index (Phi) is 15.3. The molecule has 0 spiro atoms. The van der Waals surface area contributed by atoms with Gasteiger partial charge in [0.05, 0.1) is 0 Å². The number of nitrogens with one attached hydrogen (secondary N) is 2. The van der Waals surface area contributed by atoms with Gasteiger partial charge in [-0.2, -0.15) is 0 Å². The van der Waals surface area contributed by atoms with Crippen molar-refractivity contribution in [3.63, 3.8) is 0 Å². The van der Waals surface area contributed by atoms with Gasteiger partial charge >= 0.3 is 6.03 Å². The third-order valence-electron chi connectivity index (χ3n) is 5.21. The van der Waals surface area contributed by atoms with E-state index < -0.39 is 5.41 Å². The first kappa shape index (κ1) is 27.4. The van der Waals surface area contributed by atoms with Crippen LogP contribution in [-0.4, -0.2) is 41.0 Å². The van der Waals surface area contributed by atoms with E-state index in [9.17, 15) is 14.4 Å². The van der Waals surface area contributed by atoms with Crippen LogP contribution in [0.5, 0.6) is 0 Å². The van der Waals surface area contributed by atoms with E-state index in [2.05, 4.69) is 12.2 Å². The van der Waals surface area contributed by atoms with Crippen molar-refractivity contribution in [2.24, 2.45) is 5.41 Å². The number of hydrogen-bond acceptors (Lipinski definition) is 4. The molecule has 7 nitrogen and oxygen atoms in total. The van der Waals surface area contributed by atoms with Crippen molar-refractivity contribution < 1.29 is 19.6 Å². The van der Waals surface area contributed by atoms with E-state index in [1.54, 1.807) is 5.48 Å². The number of unbranched alkanes of at least 4 members (excludes halogenated alkanes) is 7. The topological polar surface area (TPSA) is 98.7 Å². The van der Waals surface area contributed by atoms with Crippen LogP contribution in [0, 0.1) is 5.41 Å². The maximum atomic E-state index is 12.4. The minimum atomic E-state index is -0.539. The van der Waals surface area contributed by atoms with Gasteiger partial charge in [0.25, 0.3) is 0 Å². The number of nitrogens with zero attached hydrogens (tertiary/aromatic N) is 1. The van der Waals surface area contributed by atoms with E-state index in [1.165, 1.54) is 4.90 Å². The molecule has 0 radical (unpaired) electrons. The molecule has 0 unspecified atom stereocenters. The summed E-state index contributed by atoms with van der Waals surface area (Å²) in [5.41, 5.74) is 1.19. The second-order valence-corrected chi connectivity index (χ2v) is 8.43. The van der Waals surface area contributed by atoms with Crippen LogP contribution < -0.4 is 10.8 Å². The largest absolute Gasteiger partial charge is 0.338 e. The molecule has 170 valence electrons. The number of hydrogen-bond donors (Lipinski definition) is 3. The molecule has 0 aliphatic heterocycles. The van der Waals surface area contributed by atoms with Crippen LogP contribution in [-0.2, 0) is 9.59 Å². The highest BCUT2D eigenvalue weighted by atomic mass is 16.5. The number of rotatable bonds is 16. The summed E-state index contributed by atoms with van der Waals surface area (Å²) in [6.45, 7) is 8.80.